The minimum Gasteiger partial charge on any atom is -0.462 e. The van der Waals surface area contributed by atoms with E-state index < -0.39 is 0 Å². The van der Waals surface area contributed by atoms with Crippen molar-refractivity contribution in [3.63, 3.8) is 0 Å². The Bertz CT molecular complexity index is 253. The quantitative estimate of drug-likeness (QED) is 0.599. The zero-order valence-electron chi connectivity index (χ0n) is 6.41. The Kier molecular flexibility index (Phi) is 1.55. The number of epoxide rings is 1. The van der Waals surface area contributed by atoms with E-state index in [0.717, 1.165) is 12.4 Å². The summed E-state index contributed by atoms with van der Waals surface area (Å²) in [4.78, 5) is 0. The lowest BCUT2D eigenvalue weighted by molar-refractivity contribution is 0.179. The van der Waals surface area contributed by atoms with Crippen LogP contribution in [0.5, 0.6) is 5.75 Å². The van der Waals surface area contributed by atoms with Gasteiger partial charge in [-0.05, 0) is 24.6 Å². The summed E-state index contributed by atoms with van der Waals surface area (Å²) in [6.07, 6.45) is 0.0109. The third-order valence-electron chi connectivity index (χ3n) is 1.56. The van der Waals surface area contributed by atoms with E-state index in [1.165, 1.54) is 5.56 Å². The zero-order valence-corrected chi connectivity index (χ0v) is 6.41. The van der Waals surface area contributed by atoms with E-state index in [4.69, 9.17) is 9.47 Å². The fourth-order valence-electron chi connectivity index (χ4n) is 0.948. The predicted molar refractivity (Wildman–Crippen MR) is 41.5 cm³/mol. The molecule has 2 heteroatoms. The molecule has 1 atom stereocenters. The average molecular weight is 150 g/mol. The highest BCUT2D eigenvalue weighted by Gasteiger charge is 2.24. The van der Waals surface area contributed by atoms with Gasteiger partial charge < -0.3 is 9.47 Å². The van der Waals surface area contributed by atoms with Crippen LogP contribution in [0.1, 0.15) is 5.56 Å². The van der Waals surface area contributed by atoms with E-state index in [-0.39, 0.29) is 6.29 Å². The molecule has 0 bridgehead atoms. The first kappa shape index (κ1) is 6.68. The summed E-state index contributed by atoms with van der Waals surface area (Å²) in [6, 6.07) is 7.96. The number of ether oxygens (including phenoxy) is 2. The molecule has 2 nitrogen and oxygen atoms in total. The number of aryl methyl sites for hydroxylation is 1. The first-order valence-corrected chi connectivity index (χ1v) is 3.69. The van der Waals surface area contributed by atoms with E-state index >= 15 is 0 Å². The van der Waals surface area contributed by atoms with Crippen LogP contribution in [0.25, 0.3) is 0 Å². The lowest BCUT2D eigenvalue weighted by Gasteiger charge is -2.01. The number of hydrogen-bond donors (Lipinski definition) is 0. The van der Waals surface area contributed by atoms with Gasteiger partial charge in [0.1, 0.15) is 12.4 Å². The molecule has 0 saturated carbocycles. The molecule has 11 heavy (non-hydrogen) atoms. The van der Waals surface area contributed by atoms with Crippen molar-refractivity contribution in [3.8, 4) is 5.75 Å². The van der Waals surface area contributed by atoms with Crippen LogP contribution in [0.15, 0.2) is 24.3 Å². The van der Waals surface area contributed by atoms with E-state index in [1.54, 1.807) is 0 Å². The van der Waals surface area contributed by atoms with Gasteiger partial charge in [-0.15, -0.1) is 0 Å². The van der Waals surface area contributed by atoms with Gasteiger partial charge in [-0.1, -0.05) is 12.1 Å². The summed E-state index contributed by atoms with van der Waals surface area (Å²) in [5, 5.41) is 0. The van der Waals surface area contributed by atoms with Gasteiger partial charge in [-0.25, -0.2) is 0 Å². The van der Waals surface area contributed by atoms with Crippen LogP contribution in [0, 0.1) is 6.92 Å². The van der Waals surface area contributed by atoms with E-state index in [2.05, 4.69) is 0 Å². The van der Waals surface area contributed by atoms with E-state index in [1.807, 2.05) is 31.2 Å². The maximum absolute atomic E-state index is 5.38. The summed E-state index contributed by atoms with van der Waals surface area (Å²) < 4.78 is 10.3. The van der Waals surface area contributed by atoms with Gasteiger partial charge in [0.15, 0.2) is 0 Å². The van der Waals surface area contributed by atoms with Crippen LogP contribution >= 0.6 is 0 Å². The molecular weight excluding hydrogens is 140 g/mol. The van der Waals surface area contributed by atoms with Crippen LogP contribution in [-0.2, 0) is 4.74 Å². The van der Waals surface area contributed by atoms with Crippen molar-refractivity contribution in [3.05, 3.63) is 29.8 Å². The number of hydrogen-bond acceptors (Lipinski definition) is 2. The Hall–Kier alpha value is -1.02. The molecule has 0 aromatic heterocycles. The van der Waals surface area contributed by atoms with Crippen molar-refractivity contribution in [2.75, 3.05) is 6.61 Å². The van der Waals surface area contributed by atoms with Crippen molar-refractivity contribution in [1.29, 1.82) is 0 Å². The molecule has 0 spiro atoms. The third-order valence-corrected chi connectivity index (χ3v) is 1.56. The smallest absolute Gasteiger partial charge is 0.223 e. The normalized spacial score (nSPS) is 21.4. The second-order valence-electron chi connectivity index (χ2n) is 2.70. The number of benzene rings is 1. The lowest BCUT2D eigenvalue weighted by Crippen LogP contribution is -1.97. The summed E-state index contributed by atoms with van der Waals surface area (Å²) in [5.41, 5.74) is 1.21. The second kappa shape index (κ2) is 2.55. The monoisotopic (exact) mass is 150 g/mol. The summed E-state index contributed by atoms with van der Waals surface area (Å²) >= 11 is 0. The predicted octanol–water partition coefficient (Wildman–Crippen LogP) is 1.73. The maximum Gasteiger partial charge on any atom is 0.223 e. The molecule has 1 aliphatic heterocycles. The topological polar surface area (TPSA) is 21.8 Å². The Morgan fingerprint density at radius 2 is 2.36 bits per heavy atom. The van der Waals surface area contributed by atoms with Crippen molar-refractivity contribution >= 4 is 0 Å². The van der Waals surface area contributed by atoms with E-state index in [9.17, 15) is 0 Å². The van der Waals surface area contributed by atoms with Crippen molar-refractivity contribution in [1.82, 2.24) is 0 Å². The molecular formula is C9H10O2. The highest BCUT2D eigenvalue weighted by atomic mass is 16.8. The van der Waals surface area contributed by atoms with Gasteiger partial charge in [0.05, 0.1) is 0 Å². The van der Waals surface area contributed by atoms with Gasteiger partial charge in [0.2, 0.25) is 6.29 Å². The van der Waals surface area contributed by atoms with E-state index in [0.29, 0.717) is 0 Å². The van der Waals surface area contributed by atoms with Crippen molar-refractivity contribution in [2.45, 2.75) is 13.2 Å². The van der Waals surface area contributed by atoms with Crippen LogP contribution in [0.4, 0.5) is 0 Å². The molecule has 1 heterocycles. The van der Waals surface area contributed by atoms with Gasteiger partial charge in [-0.2, -0.15) is 0 Å². The van der Waals surface area contributed by atoms with Crippen molar-refractivity contribution < 1.29 is 9.47 Å². The molecule has 0 amide bonds. The van der Waals surface area contributed by atoms with Crippen LogP contribution in [0.3, 0.4) is 0 Å². The third kappa shape index (κ3) is 1.71. The highest BCUT2D eigenvalue weighted by molar-refractivity contribution is 5.27. The Morgan fingerprint density at radius 3 is 3.00 bits per heavy atom. The Balaban J connectivity index is 2.10. The molecule has 1 saturated heterocycles. The van der Waals surface area contributed by atoms with Gasteiger partial charge in [0.25, 0.3) is 0 Å². The molecule has 0 radical (unpaired) electrons. The minimum atomic E-state index is 0.0109. The second-order valence-corrected chi connectivity index (χ2v) is 2.70. The fourth-order valence-corrected chi connectivity index (χ4v) is 0.948. The maximum atomic E-state index is 5.38. The summed E-state index contributed by atoms with van der Waals surface area (Å²) in [5.74, 6) is 0.896. The van der Waals surface area contributed by atoms with Crippen LogP contribution in [0.2, 0.25) is 0 Å². The Morgan fingerprint density at radius 1 is 1.55 bits per heavy atom. The van der Waals surface area contributed by atoms with Gasteiger partial charge in [0, 0.05) is 0 Å². The average Bonchev–Trinajstić information content (AvgIpc) is 2.71. The molecule has 1 aliphatic rings. The molecule has 1 fully saturated rings. The van der Waals surface area contributed by atoms with Crippen LogP contribution < -0.4 is 4.74 Å². The van der Waals surface area contributed by atoms with Crippen molar-refractivity contribution in [2.24, 2.45) is 0 Å². The van der Waals surface area contributed by atoms with Gasteiger partial charge >= 0.3 is 0 Å². The molecule has 0 aliphatic carbocycles. The standard InChI is InChI=1S/C9H10O2/c1-7-3-2-4-8(5-7)11-9-6-10-9/h2-5,9H,6H2,1H3. The Labute approximate surface area is 65.7 Å². The molecule has 58 valence electrons. The molecule has 1 unspecified atom stereocenters. The first-order chi connectivity index (χ1) is 5.34. The van der Waals surface area contributed by atoms with Gasteiger partial charge in [-0.3, -0.25) is 0 Å². The lowest BCUT2D eigenvalue weighted by atomic mass is 10.2. The minimum absolute atomic E-state index is 0.0109. The molecule has 1 aromatic rings. The first-order valence-electron chi connectivity index (χ1n) is 3.69. The summed E-state index contributed by atoms with van der Waals surface area (Å²) in [6.45, 7) is 2.77. The largest absolute Gasteiger partial charge is 0.462 e. The number of rotatable bonds is 2. The molecule has 0 N–H and O–H groups in total. The summed E-state index contributed by atoms with van der Waals surface area (Å²) in [7, 11) is 0. The SMILES string of the molecule is Cc1cccc(OC2CO2)c1. The highest BCUT2D eigenvalue weighted by Crippen LogP contribution is 2.19. The fraction of sp³-hybridized carbons (Fsp3) is 0.333. The zero-order chi connectivity index (χ0) is 7.68. The molecule has 2 rings (SSSR count). The van der Waals surface area contributed by atoms with Crippen LogP contribution in [-0.4, -0.2) is 12.9 Å². The molecule has 1 aromatic carbocycles.